The van der Waals surface area contributed by atoms with E-state index in [0.29, 0.717) is 23.0 Å². The number of carbonyl (C=O) groups is 1. The molecule has 8 nitrogen and oxygen atoms in total. The molecule has 0 bridgehead atoms. The van der Waals surface area contributed by atoms with Crippen LogP contribution < -0.4 is 4.90 Å². The van der Waals surface area contributed by atoms with E-state index in [1.807, 2.05) is 72.8 Å². The summed E-state index contributed by atoms with van der Waals surface area (Å²) in [4.78, 5) is 31.2. The van der Waals surface area contributed by atoms with Gasteiger partial charge in [0.25, 0.3) is 11.7 Å². The summed E-state index contributed by atoms with van der Waals surface area (Å²) in [5.74, 6) is 0.449. The van der Waals surface area contributed by atoms with Gasteiger partial charge in [0.2, 0.25) is 0 Å². The molecule has 0 amide bonds. The zero-order chi connectivity index (χ0) is 26.4. The molecule has 3 aromatic carbocycles. The van der Waals surface area contributed by atoms with E-state index in [4.69, 9.17) is 14.9 Å². The lowest BCUT2D eigenvalue weighted by atomic mass is 9.98. The number of piperidine rings is 1. The number of rotatable bonds is 5. The number of carboxylic acids is 1. The second-order valence-electron chi connectivity index (χ2n) is 9.19. The molecule has 2 heterocycles. The molecule has 1 aliphatic heterocycles. The molecule has 1 saturated heterocycles. The van der Waals surface area contributed by atoms with Crippen LogP contribution in [0.2, 0.25) is 0 Å². The second kappa shape index (κ2) is 11.5. The molecule has 0 unspecified atom stereocenters. The van der Waals surface area contributed by atoms with Crippen LogP contribution in [0.3, 0.4) is 0 Å². The van der Waals surface area contributed by atoms with Crippen molar-refractivity contribution in [2.24, 2.45) is 5.92 Å². The number of aromatic nitrogens is 2. The average molecular weight is 499 g/mol. The molecule has 37 heavy (non-hydrogen) atoms. The van der Waals surface area contributed by atoms with Gasteiger partial charge in [0.1, 0.15) is 11.5 Å². The average Bonchev–Trinajstić information content (AvgIpc) is 3.35. The first-order valence-electron chi connectivity index (χ1n) is 12.3. The number of hydrogen-bond donors (Lipinski definition) is 2. The van der Waals surface area contributed by atoms with Crippen molar-refractivity contribution in [2.45, 2.75) is 26.7 Å². The summed E-state index contributed by atoms with van der Waals surface area (Å²) < 4.78 is 0. The summed E-state index contributed by atoms with van der Waals surface area (Å²) in [5, 5.41) is 19.4. The normalized spacial score (nSPS) is 13.5. The molecular weight excluding hydrogens is 468 g/mol. The van der Waals surface area contributed by atoms with Crippen molar-refractivity contribution in [1.82, 2.24) is 9.97 Å². The number of benzene rings is 3. The fraction of sp³-hybridized carbons (Fsp3) is 0.241. The van der Waals surface area contributed by atoms with E-state index >= 15 is 0 Å². The summed E-state index contributed by atoms with van der Waals surface area (Å²) in [6.45, 7) is 5.01. The Bertz CT molecular complexity index is 1300. The van der Waals surface area contributed by atoms with E-state index in [0.717, 1.165) is 55.4 Å². The maximum Gasteiger partial charge on any atom is 0.300 e. The van der Waals surface area contributed by atoms with Gasteiger partial charge in [-0.25, -0.2) is 4.98 Å². The molecule has 190 valence electrons. The van der Waals surface area contributed by atoms with Crippen molar-refractivity contribution in [3.05, 3.63) is 89.0 Å². The highest BCUT2D eigenvalue weighted by Crippen LogP contribution is 2.37. The van der Waals surface area contributed by atoms with Crippen molar-refractivity contribution in [3.8, 4) is 33.9 Å². The number of imidazole rings is 1. The summed E-state index contributed by atoms with van der Waals surface area (Å²) in [6, 6.07) is 25.5. The Morgan fingerprint density at radius 2 is 1.54 bits per heavy atom. The number of nitro groups is 1. The number of nitrogens with one attached hydrogen (secondary N) is 1. The lowest BCUT2D eigenvalue weighted by Gasteiger charge is -2.31. The molecule has 1 aliphatic rings. The topological polar surface area (TPSA) is 112 Å². The highest BCUT2D eigenvalue weighted by molar-refractivity contribution is 5.82. The number of nitrogens with zero attached hydrogens (tertiary/aromatic N) is 3. The van der Waals surface area contributed by atoms with Gasteiger partial charge in [0, 0.05) is 42.8 Å². The molecule has 0 saturated carbocycles. The predicted octanol–water partition coefficient (Wildman–Crippen LogP) is 6.65. The quantitative estimate of drug-likeness (QED) is 0.235. The second-order valence-corrected chi connectivity index (χ2v) is 9.19. The Morgan fingerprint density at radius 1 is 0.973 bits per heavy atom. The third kappa shape index (κ3) is 6.22. The van der Waals surface area contributed by atoms with Crippen LogP contribution in [0.25, 0.3) is 33.9 Å². The van der Waals surface area contributed by atoms with Crippen molar-refractivity contribution in [1.29, 1.82) is 0 Å². The third-order valence-electron chi connectivity index (χ3n) is 6.38. The van der Waals surface area contributed by atoms with Crippen LogP contribution in [0.4, 0.5) is 11.4 Å². The fourth-order valence-electron chi connectivity index (χ4n) is 4.46. The Kier molecular flexibility index (Phi) is 7.98. The largest absolute Gasteiger partial charge is 0.481 e. The summed E-state index contributed by atoms with van der Waals surface area (Å²) in [7, 11) is 0. The molecule has 0 radical (unpaired) electrons. The molecular formula is C29H30N4O4. The first-order valence-corrected chi connectivity index (χ1v) is 12.3. The van der Waals surface area contributed by atoms with Gasteiger partial charge in [-0.3, -0.25) is 14.9 Å². The maximum absolute atomic E-state index is 12.0. The predicted molar refractivity (Wildman–Crippen MR) is 145 cm³/mol. The highest BCUT2D eigenvalue weighted by atomic mass is 16.6. The van der Waals surface area contributed by atoms with Crippen LogP contribution in [0.15, 0.2) is 78.9 Å². The van der Waals surface area contributed by atoms with E-state index in [1.54, 1.807) is 6.07 Å². The molecule has 0 atom stereocenters. The number of nitro benzene ring substituents is 1. The zero-order valence-corrected chi connectivity index (χ0v) is 20.9. The van der Waals surface area contributed by atoms with E-state index < -0.39 is 5.97 Å². The van der Waals surface area contributed by atoms with E-state index in [1.165, 1.54) is 0 Å². The van der Waals surface area contributed by atoms with Gasteiger partial charge in [-0.15, -0.1) is 0 Å². The third-order valence-corrected chi connectivity index (χ3v) is 6.38. The minimum Gasteiger partial charge on any atom is -0.481 e. The number of aromatic amines is 1. The standard InChI is InChI=1S/C27H26N4O2.C2H4O2/c1-19-14-16-30(17-15-19)23-13-12-22(18-24(23)31(32)33)27-28-25(20-8-4-2-5-9-20)26(29-27)21-10-6-3-7-11-21;1-2(3)4/h2-13,18-19H,14-17H2,1H3,(H,28,29);1H3,(H,3,4). The summed E-state index contributed by atoms with van der Waals surface area (Å²) >= 11 is 0. The Balaban J connectivity index is 0.000000747. The van der Waals surface area contributed by atoms with E-state index in [-0.39, 0.29) is 10.6 Å². The number of aliphatic carboxylic acids is 1. The molecule has 0 spiro atoms. The van der Waals surface area contributed by atoms with Crippen LogP contribution in [-0.4, -0.2) is 39.1 Å². The van der Waals surface area contributed by atoms with Gasteiger partial charge >= 0.3 is 0 Å². The minimum absolute atomic E-state index is 0.126. The van der Waals surface area contributed by atoms with Crippen LogP contribution in [-0.2, 0) is 4.79 Å². The molecule has 5 rings (SSSR count). The first kappa shape index (κ1) is 25.6. The maximum atomic E-state index is 12.0. The number of hydrogen-bond acceptors (Lipinski definition) is 5. The van der Waals surface area contributed by atoms with Crippen molar-refractivity contribution < 1.29 is 14.8 Å². The molecule has 1 fully saturated rings. The van der Waals surface area contributed by atoms with Gasteiger partial charge in [-0.2, -0.15) is 0 Å². The Labute approximate surface area is 215 Å². The number of carboxylic acid groups (broad SMARTS) is 1. The first-order chi connectivity index (χ1) is 17.8. The van der Waals surface area contributed by atoms with Gasteiger partial charge in [-0.05, 0) is 30.9 Å². The molecule has 1 aromatic heterocycles. The molecule has 8 heteroatoms. The number of H-pyrrole nitrogens is 1. The zero-order valence-electron chi connectivity index (χ0n) is 20.9. The van der Waals surface area contributed by atoms with E-state index in [2.05, 4.69) is 16.8 Å². The van der Waals surface area contributed by atoms with Crippen molar-refractivity contribution >= 4 is 17.3 Å². The van der Waals surface area contributed by atoms with Crippen LogP contribution in [0.1, 0.15) is 26.7 Å². The van der Waals surface area contributed by atoms with Crippen LogP contribution in [0.5, 0.6) is 0 Å². The molecule has 2 N–H and O–H groups in total. The SMILES string of the molecule is CC(=O)O.CC1CCN(c2ccc(-c3nc(-c4ccccc4)c(-c4ccccc4)[nH]3)cc2[N+](=O)[O-])CC1. The molecule has 0 aliphatic carbocycles. The van der Waals surface area contributed by atoms with Gasteiger partial charge in [0.15, 0.2) is 0 Å². The molecule has 4 aromatic rings. The smallest absolute Gasteiger partial charge is 0.300 e. The van der Waals surface area contributed by atoms with Crippen molar-refractivity contribution in [2.75, 3.05) is 18.0 Å². The van der Waals surface area contributed by atoms with Gasteiger partial charge < -0.3 is 15.0 Å². The van der Waals surface area contributed by atoms with E-state index in [9.17, 15) is 10.1 Å². The number of anilines is 1. The fourth-order valence-corrected chi connectivity index (χ4v) is 4.46. The van der Waals surface area contributed by atoms with Crippen LogP contribution >= 0.6 is 0 Å². The Hall–Kier alpha value is -4.46. The lowest BCUT2D eigenvalue weighted by Crippen LogP contribution is -2.33. The van der Waals surface area contributed by atoms with Gasteiger partial charge in [0.05, 0.1) is 16.3 Å². The summed E-state index contributed by atoms with van der Waals surface area (Å²) in [6.07, 6.45) is 2.11. The Morgan fingerprint density at radius 3 is 2.11 bits per heavy atom. The van der Waals surface area contributed by atoms with Gasteiger partial charge in [-0.1, -0.05) is 67.6 Å². The summed E-state index contributed by atoms with van der Waals surface area (Å²) in [5.41, 5.74) is 5.25. The monoisotopic (exact) mass is 498 g/mol. The highest BCUT2D eigenvalue weighted by Gasteiger charge is 2.25. The minimum atomic E-state index is -0.833. The lowest BCUT2D eigenvalue weighted by molar-refractivity contribution is -0.384. The van der Waals surface area contributed by atoms with Crippen LogP contribution in [0, 0.1) is 16.0 Å². The van der Waals surface area contributed by atoms with Crippen molar-refractivity contribution in [3.63, 3.8) is 0 Å².